The molecule has 0 radical (unpaired) electrons. The van der Waals surface area contributed by atoms with Crippen LogP contribution in [0.1, 0.15) is 17.7 Å². The molecule has 3 nitrogen and oxygen atoms in total. The second-order valence-corrected chi connectivity index (χ2v) is 5.69. The van der Waals surface area contributed by atoms with Gasteiger partial charge in [0, 0.05) is 10.0 Å². The van der Waals surface area contributed by atoms with Crippen LogP contribution in [0.25, 0.3) is 16.9 Å². The Hall–Kier alpha value is -2.52. The Bertz CT molecular complexity index is 865. The van der Waals surface area contributed by atoms with E-state index >= 15 is 0 Å². The molecule has 2 aromatic carbocycles. The van der Waals surface area contributed by atoms with Crippen LogP contribution in [0.15, 0.2) is 59.1 Å². The summed E-state index contributed by atoms with van der Waals surface area (Å²) in [6.45, 7) is 0. The van der Waals surface area contributed by atoms with Crippen molar-refractivity contribution in [2.75, 3.05) is 0 Å². The van der Waals surface area contributed by atoms with Crippen LogP contribution in [0.4, 0.5) is 8.78 Å². The highest BCUT2D eigenvalue weighted by atomic mass is 79.9. The van der Waals surface area contributed by atoms with Gasteiger partial charge in [0.1, 0.15) is 17.3 Å². The molecule has 0 aliphatic carbocycles. The maximum absolute atomic E-state index is 13.3. The number of hydrogen-bond acceptors (Lipinski definition) is 2. The molecule has 1 aromatic heterocycles. The van der Waals surface area contributed by atoms with Crippen molar-refractivity contribution >= 4 is 15.9 Å². The van der Waals surface area contributed by atoms with Gasteiger partial charge in [0.25, 0.3) is 6.43 Å². The van der Waals surface area contributed by atoms with Crippen molar-refractivity contribution in [3.05, 3.63) is 70.3 Å². The molecule has 0 unspecified atom stereocenters. The van der Waals surface area contributed by atoms with Crippen molar-refractivity contribution in [1.82, 2.24) is 9.78 Å². The fraction of sp³-hybridized carbons (Fsp3) is 0.0588. The van der Waals surface area contributed by atoms with Crippen molar-refractivity contribution in [3.63, 3.8) is 0 Å². The van der Waals surface area contributed by atoms with Gasteiger partial charge in [-0.2, -0.15) is 10.4 Å². The van der Waals surface area contributed by atoms with E-state index in [1.54, 1.807) is 48.5 Å². The summed E-state index contributed by atoms with van der Waals surface area (Å²) in [5.41, 5.74) is 1.02. The quantitative estimate of drug-likeness (QED) is 0.639. The topological polar surface area (TPSA) is 41.6 Å². The largest absolute Gasteiger partial charge is 0.283 e. The molecular formula is C17H10BrF2N3. The van der Waals surface area contributed by atoms with Crippen molar-refractivity contribution in [3.8, 4) is 23.0 Å². The molecule has 0 aliphatic heterocycles. The van der Waals surface area contributed by atoms with Gasteiger partial charge in [-0.3, -0.25) is 0 Å². The van der Waals surface area contributed by atoms with Crippen LogP contribution in [0.5, 0.6) is 0 Å². The van der Waals surface area contributed by atoms with Crippen molar-refractivity contribution in [2.24, 2.45) is 0 Å². The number of halogens is 3. The third-order valence-corrected chi connectivity index (χ3v) is 3.88. The molecule has 0 aliphatic rings. The van der Waals surface area contributed by atoms with Gasteiger partial charge in [-0.1, -0.05) is 46.3 Å². The lowest BCUT2D eigenvalue weighted by molar-refractivity contribution is 0.145. The summed E-state index contributed by atoms with van der Waals surface area (Å²) in [4.78, 5) is 0. The summed E-state index contributed by atoms with van der Waals surface area (Å²) in [5, 5.41) is 13.4. The Balaban J connectivity index is 2.31. The highest BCUT2D eigenvalue weighted by Gasteiger charge is 2.25. The average molecular weight is 374 g/mol. The first-order chi connectivity index (χ1) is 11.1. The monoisotopic (exact) mass is 373 g/mol. The van der Waals surface area contributed by atoms with Gasteiger partial charge in [-0.15, -0.1) is 0 Å². The zero-order valence-electron chi connectivity index (χ0n) is 11.7. The number of nitriles is 1. The second-order valence-electron chi connectivity index (χ2n) is 4.78. The van der Waals surface area contributed by atoms with Gasteiger partial charge >= 0.3 is 0 Å². The van der Waals surface area contributed by atoms with E-state index in [2.05, 4.69) is 21.0 Å². The lowest BCUT2D eigenvalue weighted by Gasteiger charge is -2.08. The fourth-order valence-electron chi connectivity index (χ4n) is 2.33. The van der Waals surface area contributed by atoms with Gasteiger partial charge < -0.3 is 0 Å². The summed E-state index contributed by atoms with van der Waals surface area (Å²) in [5.74, 6) is 0. The molecule has 0 bridgehead atoms. The lowest BCUT2D eigenvalue weighted by atomic mass is 10.1. The third kappa shape index (κ3) is 2.88. The van der Waals surface area contributed by atoms with Crippen molar-refractivity contribution in [1.29, 1.82) is 5.26 Å². The number of hydrogen-bond donors (Lipinski definition) is 0. The highest BCUT2D eigenvalue weighted by molar-refractivity contribution is 9.10. The number of benzene rings is 2. The van der Waals surface area contributed by atoms with Crippen LogP contribution in [0.3, 0.4) is 0 Å². The van der Waals surface area contributed by atoms with Gasteiger partial charge in [0.05, 0.1) is 11.4 Å². The van der Waals surface area contributed by atoms with Gasteiger partial charge in [-0.25, -0.2) is 13.5 Å². The zero-order valence-corrected chi connectivity index (χ0v) is 13.3. The summed E-state index contributed by atoms with van der Waals surface area (Å²) >= 11 is 3.34. The zero-order chi connectivity index (χ0) is 16.4. The average Bonchev–Trinajstić information content (AvgIpc) is 2.96. The maximum Gasteiger partial charge on any atom is 0.283 e. The normalized spacial score (nSPS) is 10.7. The van der Waals surface area contributed by atoms with Crippen LogP contribution < -0.4 is 0 Å². The summed E-state index contributed by atoms with van der Waals surface area (Å²) in [6.07, 6.45) is -2.82. The Morgan fingerprint density at radius 2 is 1.70 bits per heavy atom. The van der Waals surface area contributed by atoms with E-state index in [0.29, 0.717) is 16.9 Å². The SMILES string of the molecule is N#Cc1c(C(F)F)nn(-c2ccccc2)c1-c1ccc(Br)cc1. The van der Waals surface area contributed by atoms with Gasteiger partial charge in [-0.05, 0) is 24.3 Å². The number of alkyl halides is 2. The first kappa shape index (κ1) is 15.4. The first-order valence-electron chi connectivity index (χ1n) is 6.74. The fourth-order valence-corrected chi connectivity index (χ4v) is 2.59. The minimum Gasteiger partial charge on any atom is -0.231 e. The molecule has 0 spiro atoms. The molecule has 0 atom stereocenters. The van der Waals surface area contributed by atoms with E-state index in [-0.39, 0.29) is 5.56 Å². The van der Waals surface area contributed by atoms with Crippen molar-refractivity contribution < 1.29 is 8.78 Å². The summed E-state index contributed by atoms with van der Waals surface area (Å²) < 4.78 is 28.8. The van der Waals surface area contributed by atoms with E-state index in [9.17, 15) is 14.0 Å². The molecule has 1 heterocycles. The molecular weight excluding hydrogens is 364 g/mol. The molecule has 23 heavy (non-hydrogen) atoms. The molecule has 0 saturated heterocycles. The van der Waals surface area contributed by atoms with E-state index in [1.807, 2.05) is 12.1 Å². The predicted molar refractivity (Wildman–Crippen MR) is 86.4 cm³/mol. The molecule has 0 N–H and O–H groups in total. The smallest absolute Gasteiger partial charge is 0.231 e. The predicted octanol–water partition coefficient (Wildman–Crippen LogP) is 5.11. The number of para-hydroxylation sites is 1. The third-order valence-electron chi connectivity index (χ3n) is 3.35. The second kappa shape index (κ2) is 6.31. The number of nitrogens with zero attached hydrogens (tertiary/aromatic N) is 3. The van der Waals surface area contributed by atoms with Crippen LogP contribution in [-0.4, -0.2) is 9.78 Å². The number of rotatable bonds is 3. The van der Waals surface area contributed by atoms with Crippen LogP contribution in [0.2, 0.25) is 0 Å². The Kier molecular flexibility index (Phi) is 4.22. The van der Waals surface area contributed by atoms with Gasteiger partial charge in [0.2, 0.25) is 0 Å². The van der Waals surface area contributed by atoms with E-state index in [1.165, 1.54) is 4.68 Å². The van der Waals surface area contributed by atoms with Gasteiger partial charge in [0.15, 0.2) is 0 Å². The van der Waals surface area contributed by atoms with E-state index < -0.39 is 12.1 Å². The van der Waals surface area contributed by atoms with E-state index in [0.717, 1.165) is 4.47 Å². The molecule has 6 heteroatoms. The van der Waals surface area contributed by atoms with Crippen LogP contribution in [0, 0.1) is 11.3 Å². The Labute approximate surface area is 139 Å². The van der Waals surface area contributed by atoms with Crippen molar-refractivity contribution in [2.45, 2.75) is 6.43 Å². The number of aromatic nitrogens is 2. The summed E-state index contributed by atoms with van der Waals surface area (Å²) in [7, 11) is 0. The maximum atomic E-state index is 13.3. The molecule has 3 aromatic rings. The molecule has 3 rings (SSSR count). The van der Waals surface area contributed by atoms with E-state index in [4.69, 9.17) is 0 Å². The molecule has 114 valence electrons. The minimum atomic E-state index is -2.82. The molecule has 0 saturated carbocycles. The highest BCUT2D eigenvalue weighted by Crippen LogP contribution is 2.33. The molecule has 0 fully saturated rings. The van der Waals surface area contributed by atoms with Crippen LogP contribution >= 0.6 is 15.9 Å². The standard InChI is InChI=1S/C17H10BrF2N3/c18-12-8-6-11(7-9-12)16-14(10-21)15(17(19)20)22-23(16)13-4-2-1-3-5-13/h1-9,17H. The first-order valence-corrected chi connectivity index (χ1v) is 7.53. The minimum absolute atomic E-state index is 0.105. The molecule has 0 amide bonds. The Morgan fingerprint density at radius 3 is 2.26 bits per heavy atom. The lowest BCUT2D eigenvalue weighted by Crippen LogP contribution is -1.99. The van der Waals surface area contributed by atoms with Crippen LogP contribution in [-0.2, 0) is 0 Å². The summed E-state index contributed by atoms with van der Waals surface area (Å²) in [6, 6.07) is 17.9. The Morgan fingerprint density at radius 1 is 1.04 bits per heavy atom.